The maximum Gasteiger partial charge on any atom is 0.311 e. The molecule has 6 N–H and O–H groups in total. The minimum atomic E-state index is -1.99. The van der Waals surface area contributed by atoms with Crippen LogP contribution in [0.5, 0.6) is 0 Å². The number of nitrogens with zero attached hydrogens (tertiary/aromatic N) is 1. The van der Waals surface area contributed by atoms with Gasteiger partial charge in [0.25, 0.3) is 0 Å². The van der Waals surface area contributed by atoms with E-state index in [9.17, 15) is 39.9 Å². The molecule has 1 aliphatic carbocycles. The van der Waals surface area contributed by atoms with Crippen molar-refractivity contribution in [3.63, 3.8) is 0 Å². The van der Waals surface area contributed by atoms with E-state index in [1.807, 2.05) is 32.8 Å². The first-order chi connectivity index (χ1) is 28.1. The Bertz CT molecular complexity index is 1420. The van der Waals surface area contributed by atoms with Gasteiger partial charge < -0.3 is 64.0 Å². The van der Waals surface area contributed by atoms with Crippen molar-refractivity contribution >= 4 is 17.7 Å². The van der Waals surface area contributed by atoms with Crippen LogP contribution in [0.4, 0.5) is 0 Å². The number of rotatable bonds is 9. The summed E-state index contributed by atoms with van der Waals surface area (Å²) in [6, 6.07) is -0.324. The van der Waals surface area contributed by atoms with E-state index in [4.69, 9.17) is 33.5 Å². The Morgan fingerprint density at radius 1 is 0.902 bits per heavy atom. The highest BCUT2D eigenvalue weighted by Crippen LogP contribution is 2.41. The number of ether oxygens (including phenoxy) is 6. The van der Waals surface area contributed by atoms with Crippen LogP contribution in [-0.2, 0) is 42.8 Å². The molecule has 0 radical (unpaired) electrons. The van der Waals surface area contributed by atoms with Crippen LogP contribution in [0.2, 0.25) is 0 Å². The van der Waals surface area contributed by atoms with Crippen molar-refractivity contribution in [2.45, 2.75) is 212 Å². The van der Waals surface area contributed by atoms with Crippen LogP contribution in [0.1, 0.15) is 128 Å². The number of Topliss-reactive ketones (excluding diaryl/α,β-unsaturated/α-hetero) is 1. The lowest BCUT2D eigenvalue weighted by Crippen LogP contribution is -2.61. The summed E-state index contributed by atoms with van der Waals surface area (Å²) < 4.78 is 37.1. The van der Waals surface area contributed by atoms with Gasteiger partial charge >= 0.3 is 11.9 Å². The van der Waals surface area contributed by atoms with Gasteiger partial charge in [-0.3, -0.25) is 14.4 Å². The van der Waals surface area contributed by atoms with Gasteiger partial charge in [-0.05, 0) is 93.7 Å². The fourth-order valence-corrected chi connectivity index (χ4v) is 10.1. The first kappa shape index (κ1) is 53.5. The second kappa shape index (κ2) is 21.9. The number of hydrogen-bond acceptors (Lipinski definition) is 15. The highest BCUT2D eigenvalue weighted by atomic mass is 16.7. The van der Waals surface area contributed by atoms with Gasteiger partial charge in [0, 0.05) is 37.3 Å². The summed E-state index contributed by atoms with van der Waals surface area (Å²) in [4.78, 5) is 40.2. The number of methoxy groups -OCH3 is 1. The summed E-state index contributed by atoms with van der Waals surface area (Å²) in [5.41, 5.74) is -4.84. The number of ketones is 1. The fraction of sp³-hybridized carbons (Fsp3) is 0.933. The molecule has 4 fully saturated rings. The maximum absolute atomic E-state index is 14.1. The lowest BCUT2D eigenvalue weighted by atomic mass is 9.74. The number of cyclic esters (lactones) is 1. The van der Waals surface area contributed by atoms with E-state index in [0.29, 0.717) is 12.3 Å². The molecule has 1 unspecified atom stereocenters. The predicted molar refractivity (Wildman–Crippen MR) is 225 cm³/mol. The van der Waals surface area contributed by atoms with Crippen LogP contribution in [0.15, 0.2) is 0 Å². The highest BCUT2D eigenvalue weighted by Gasteiger charge is 2.53. The third-order valence-corrected chi connectivity index (χ3v) is 14.3. The van der Waals surface area contributed by atoms with E-state index in [1.165, 1.54) is 40.7 Å². The minimum absolute atomic E-state index is 0.0936. The Kier molecular flexibility index (Phi) is 19.2. The summed E-state index contributed by atoms with van der Waals surface area (Å²) in [7, 11) is 5.18. The molecule has 0 aromatic carbocycles. The number of carbonyl (C=O) groups excluding carboxylic acids is 2. The zero-order valence-corrected chi connectivity index (χ0v) is 39.3. The van der Waals surface area contributed by atoms with Crippen molar-refractivity contribution in [1.82, 2.24) is 4.90 Å². The zero-order chi connectivity index (χ0) is 46.5. The molecule has 0 bridgehead atoms. The number of likely N-dealkylation sites (N-methyl/N-ethyl adjacent to an activating group) is 1. The molecule has 356 valence electrons. The van der Waals surface area contributed by atoms with Crippen LogP contribution in [0.25, 0.3) is 0 Å². The standard InChI is InChI=1S/C37H67NO13.C8H14O2/c1-14-25-37(10,45)30(41)20(4)27(39)18(2)16-35(8,44)32(51-34-28(40)24(38(11)12)15-19(3)47-34)21(5)29(22(6)33(43)49-25)50-26-17-36(9,46-13)31(42)23(7)48-26;1-6(8(9)10)7-4-2-3-5-7/h18-26,28-32,34,40-42,44-45H,14-17H2,1-13H3;6-7H,2-5H2,1H3,(H,9,10)/t18-,19-,20+,21-,22-,23+,24+,25-,26+,28-,29+,30+,31+,32-,34+,35-,36-,37-;/m1./s1. The summed E-state index contributed by atoms with van der Waals surface area (Å²) in [5.74, 6) is -5.28. The van der Waals surface area contributed by atoms with E-state index < -0.39 is 114 Å². The topological polar surface area (TPSA) is 231 Å². The van der Waals surface area contributed by atoms with Crippen molar-refractivity contribution < 1.29 is 73.4 Å². The van der Waals surface area contributed by atoms with Gasteiger partial charge in [-0.25, -0.2) is 0 Å². The van der Waals surface area contributed by atoms with Crippen LogP contribution >= 0.6 is 0 Å². The molecule has 0 spiro atoms. The number of hydrogen-bond donors (Lipinski definition) is 6. The molecule has 61 heavy (non-hydrogen) atoms. The van der Waals surface area contributed by atoms with Gasteiger partial charge in [-0.2, -0.15) is 0 Å². The van der Waals surface area contributed by atoms with Gasteiger partial charge in [0.15, 0.2) is 12.6 Å². The molecule has 4 rings (SSSR count). The number of carboxylic acids is 1. The smallest absolute Gasteiger partial charge is 0.311 e. The van der Waals surface area contributed by atoms with E-state index in [1.54, 1.807) is 41.5 Å². The molecule has 16 heteroatoms. The summed E-state index contributed by atoms with van der Waals surface area (Å²) in [6.45, 7) is 18.1. The van der Waals surface area contributed by atoms with Crippen molar-refractivity contribution in [2.75, 3.05) is 21.2 Å². The van der Waals surface area contributed by atoms with E-state index in [2.05, 4.69) is 0 Å². The van der Waals surface area contributed by atoms with Crippen LogP contribution in [-0.4, -0.2) is 159 Å². The van der Waals surface area contributed by atoms with E-state index >= 15 is 0 Å². The van der Waals surface area contributed by atoms with Crippen LogP contribution in [0, 0.1) is 35.5 Å². The molecule has 0 aromatic rings. The Morgan fingerprint density at radius 2 is 1.49 bits per heavy atom. The van der Waals surface area contributed by atoms with E-state index in [0.717, 1.165) is 12.8 Å². The summed E-state index contributed by atoms with van der Waals surface area (Å²) in [6.07, 6.45) is -5.02. The zero-order valence-electron chi connectivity index (χ0n) is 39.3. The van der Waals surface area contributed by atoms with Gasteiger partial charge in [-0.1, -0.05) is 47.5 Å². The largest absolute Gasteiger partial charge is 0.481 e. The molecule has 19 atom stereocenters. The number of esters is 1. The third kappa shape index (κ3) is 12.7. The lowest BCUT2D eigenvalue weighted by Gasteiger charge is -2.49. The lowest BCUT2D eigenvalue weighted by molar-refractivity contribution is -0.318. The number of aliphatic carboxylic acids is 1. The van der Waals surface area contributed by atoms with Crippen LogP contribution in [0.3, 0.4) is 0 Å². The molecule has 3 aliphatic heterocycles. The van der Waals surface area contributed by atoms with Crippen molar-refractivity contribution in [3.05, 3.63) is 0 Å². The highest BCUT2D eigenvalue weighted by molar-refractivity contribution is 5.83. The van der Waals surface area contributed by atoms with Gasteiger partial charge in [-0.15, -0.1) is 0 Å². The normalized spacial score (nSPS) is 45.3. The maximum atomic E-state index is 14.1. The van der Waals surface area contributed by atoms with Crippen molar-refractivity contribution in [1.29, 1.82) is 0 Å². The Labute approximate surface area is 363 Å². The average molecular weight is 876 g/mol. The van der Waals surface area contributed by atoms with Gasteiger partial charge in [0.1, 0.15) is 29.7 Å². The quantitative estimate of drug-likeness (QED) is 0.182. The van der Waals surface area contributed by atoms with Crippen LogP contribution < -0.4 is 0 Å². The number of aliphatic hydroxyl groups excluding tert-OH is 3. The third-order valence-electron chi connectivity index (χ3n) is 14.3. The second-order valence-electron chi connectivity index (χ2n) is 19.6. The molecule has 1 saturated carbocycles. The molecule has 3 saturated heterocycles. The molecule has 0 amide bonds. The Hall–Kier alpha value is -1.83. The van der Waals surface area contributed by atoms with Gasteiger partial charge in [0.2, 0.25) is 0 Å². The SMILES string of the molecule is CC(C(=O)O)C1CCCC1.CC[C@H]1OC(=O)[C@H](C)[C@@H](O[C@H]2C[C@@](C)(OC)[C@@H](O)[C@H](C)O2)[C@@H](C)[C@@H](O[C@@H]2O[C@H](C)C[C@H](N(C)C)[C@H]2O)[C@](C)(O)C[C@@H](C)C(=O)[C@H](C)[C@H](O)[C@]1(C)O. The predicted octanol–water partition coefficient (Wildman–Crippen LogP) is 3.68. The number of aliphatic hydroxyl groups is 5. The molecular weight excluding hydrogens is 794 g/mol. The molecule has 16 nitrogen and oxygen atoms in total. The fourth-order valence-electron chi connectivity index (χ4n) is 10.1. The van der Waals surface area contributed by atoms with Crippen molar-refractivity contribution in [2.24, 2.45) is 35.5 Å². The molecule has 4 aliphatic rings. The van der Waals surface area contributed by atoms with Crippen molar-refractivity contribution in [3.8, 4) is 0 Å². The average Bonchev–Trinajstić information content (AvgIpc) is 3.74. The first-order valence-electron chi connectivity index (χ1n) is 22.4. The van der Waals surface area contributed by atoms with E-state index in [-0.39, 0.29) is 37.3 Å². The monoisotopic (exact) mass is 876 g/mol. The molecule has 0 aromatic heterocycles. The molecular formula is C45H81NO15. The minimum Gasteiger partial charge on any atom is -0.481 e. The number of carboxylic acid groups (broad SMARTS) is 1. The second-order valence-corrected chi connectivity index (χ2v) is 19.6. The Morgan fingerprint density at radius 3 is 2.02 bits per heavy atom. The van der Waals surface area contributed by atoms with Gasteiger partial charge in [0.05, 0.1) is 53.6 Å². The first-order valence-corrected chi connectivity index (χ1v) is 22.4. The summed E-state index contributed by atoms with van der Waals surface area (Å²) >= 11 is 0. The number of carbonyl (C=O) groups is 3. The Balaban J connectivity index is 0.000000866. The molecule has 3 heterocycles. The summed E-state index contributed by atoms with van der Waals surface area (Å²) in [5, 5.41) is 66.3.